The Labute approximate surface area is 122 Å². The van der Waals surface area contributed by atoms with Crippen molar-refractivity contribution in [2.75, 3.05) is 5.73 Å². The van der Waals surface area contributed by atoms with Gasteiger partial charge >= 0.3 is 0 Å². The van der Waals surface area contributed by atoms with Gasteiger partial charge in [-0.05, 0) is 48.4 Å². The minimum Gasteiger partial charge on any atom is -0.457 e. The lowest BCUT2D eigenvalue weighted by Crippen LogP contribution is -2.13. The van der Waals surface area contributed by atoms with Gasteiger partial charge in [-0.3, -0.25) is 4.79 Å². The number of carbonyl (C=O) groups excluding carboxylic acids is 1. The summed E-state index contributed by atoms with van der Waals surface area (Å²) in [6, 6.07) is 10.2. The topological polar surface area (TPSA) is 78.3 Å². The molecule has 0 spiro atoms. The Kier molecular flexibility index (Phi) is 4.15. The molecule has 104 valence electrons. The van der Waals surface area contributed by atoms with Crippen LogP contribution in [0.5, 0.6) is 11.5 Å². The van der Waals surface area contributed by atoms with E-state index < -0.39 is 5.91 Å². The van der Waals surface area contributed by atoms with Gasteiger partial charge in [0.25, 0.3) is 5.91 Å². The molecule has 0 bridgehead atoms. The Hall–Kier alpha value is -2.20. The molecular weight excluding hydrogens is 276 g/mol. The number of carbonyl (C=O) groups is 1. The average Bonchev–Trinajstić information content (AvgIpc) is 2.42. The molecule has 2 rings (SSSR count). The number of ether oxygens (including phenoxy) is 1. The van der Waals surface area contributed by atoms with Crippen molar-refractivity contribution in [3.05, 3.63) is 52.5 Å². The maximum absolute atomic E-state index is 11.2. The smallest absolute Gasteiger partial charge is 0.250 e. The summed E-state index contributed by atoms with van der Waals surface area (Å²) in [5, 5.41) is 0.704. The van der Waals surface area contributed by atoms with Crippen LogP contribution in [0.15, 0.2) is 36.4 Å². The summed E-state index contributed by atoms with van der Waals surface area (Å²) in [6.45, 7) is 2.01. The van der Waals surface area contributed by atoms with E-state index in [0.717, 1.165) is 12.0 Å². The highest BCUT2D eigenvalue weighted by Gasteiger charge is 2.08. The maximum Gasteiger partial charge on any atom is 0.250 e. The molecule has 0 aliphatic heterocycles. The molecule has 0 aromatic heterocycles. The standard InChI is InChI=1S/C15H15ClN2O2/c1-2-9-7-10(3-5-13(9)16)20-11-4-6-14(17)12(8-11)15(18)19/h3-8H,2,17H2,1H3,(H2,18,19). The van der Waals surface area contributed by atoms with Crippen molar-refractivity contribution in [1.82, 2.24) is 0 Å². The second kappa shape index (κ2) is 5.84. The van der Waals surface area contributed by atoms with Crippen LogP contribution in [0, 0.1) is 0 Å². The van der Waals surface area contributed by atoms with Gasteiger partial charge < -0.3 is 16.2 Å². The van der Waals surface area contributed by atoms with Crippen molar-refractivity contribution in [2.24, 2.45) is 5.73 Å². The van der Waals surface area contributed by atoms with Crippen LogP contribution in [0.4, 0.5) is 5.69 Å². The molecule has 1 amide bonds. The molecule has 0 aliphatic carbocycles. The van der Waals surface area contributed by atoms with E-state index in [9.17, 15) is 4.79 Å². The van der Waals surface area contributed by atoms with E-state index in [4.69, 9.17) is 27.8 Å². The molecular formula is C15H15ClN2O2. The van der Waals surface area contributed by atoms with E-state index in [0.29, 0.717) is 22.2 Å². The second-order valence-electron chi connectivity index (χ2n) is 4.32. The highest BCUT2D eigenvalue weighted by atomic mass is 35.5. The number of amides is 1. The van der Waals surface area contributed by atoms with E-state index in [2.05, 4.69) is 0 Å². The molecule has 0 radical (unpaired) electrons. The fourth-order valence-electron chi connectivity index (χ4n) is 1.83. The fourth-order valence-corrected chi connectivity index (χ4v) is 2.09. The van der Waals surface area contributed by atoms with Crippen molar-refractivity contribution in [3.63, 3.8) is 0 Å². The van der Waals surface area contributed by atoms with Crippen LogP contribution in [-0.2, 0) is 6.42 Å². The molecule has 2 aromatic rings. The zero-order valence-corrected chi connectivity index (χ0v) is 11.8. The van der Waals surface area contributed by atoms with Crippen molar-refractivity contribution in [1.29, 1.82) is 0 Å². The summed E-state index contributed by atoms with van der Waals surface area (Å²) in [7, 11) is 0. The number of hydrogen-bond donors (Lipinski definition) is 2. The van der Waals surface area contributed by atoms with Gasteiger partial charge in [0.15, 0.2) is 0 Å². The van der Waals surface area contributed by atoms with Gasteiger partial charge in [0.2, 0.25) is 0 Å². The Balaban J connectivity index is 2.30. The predicted octanol–water partition coefficient (Wildman–Crippen LogP) is 3.38. The summed E-state index contributed by atoms with van der Waals surface area (Å²) in [5.41, 5.74) is 12.5. The molecule has 4 N–H and O–H groups in total. The molecule has 0 atom stereocenters. The zero-order chi connectivity index (χ0) is 14.7. The van der Waals surface area contributed by atoms with Gasteiger partial charge in [-0.15, -0.1) is 0 Å². The molecule has 0 saturated heterocycles. The first-order valence-electron chi connectivity index (χ1n) is 6.17. The summed E-state index contributed by atoms with van der Waals surface area (Å²) < 4.78 is 5.70. The van der Waals surface area contributed by atoms with Crippen molar-refractivity contribution < 1.29 is 9.53 Å². The van der Waals surface area contributed by atoms with Gasteiger partial charge in [0.1, 0.15) is 11.5 Å². The lowest BCUT2D eigenvalue weighted by atomic mass is 10.1. The van der Waals surface area contributed by atoms with E-state index in [-0.39, 0.29) is 5.56 Å². The average molecular weight is 291 g/mol. The highest BCUT2D eigenvalue weighted by molar-refractivity contribution is 6.31. The van der Waals surface area contributed by atoms with Gasteiger partial charge in [-0.25, -0.2) is 0 Å². The first-order valence-corrected chi connectivity index (χ1v) is 6.54. The van der Waals surface area contributed by atoms with Crippen LogP contribution < -0.4 is 16.2 Å². The highest BCUT2D eigenvalue weighted by Crippen LogP contribution is 2.28. The lowest BCUT2D eigenvalue weighted by Gasteiger charge is -2.10. The fraction of sp³-hybridized carbons (Fsp3) is 0.133. The molecule has 4 nitrogen and oxygen atoms in total. The Morgan fingerprint density at radius 2 is 1.85 bits per heavy atom. The largest absolute Gasteiger partial charge is 0.457 e. The third-order valence-corrected chi connectivity index (χ3v) is 3.29. The van der Waals surface area contributed by atoms with E-state index in [1.165, 1.54) is 6.07 Å². The van der Waals surface area contributed by atoms with Crippen LogP contribution in [0.2, 0.25) is 5.02 Å². The first-order chi connectivity index (χ1) is 9.51. The zero-order valence-electron chi connectivity index (χ0n) is 11.0. The number of halogens is 1. The molecule has 0 fully saturated rings. The SMILES string of the molecule is CCc1cc(Oc2ccc(N)c(C(N)=O)c2)ccc1Cl. The number of aryl methyl sites for hydroxylation is 1. The van der Waals surface area contributed by atoms with Crippen LogP contribution in [0.25, 0.3) is 0 Å². The van der Waals surface area contributed by atoms with Gasteiger partial charge in [0, 0.05) is 10.7 Å². The summed E-state index contributed by atoms with van der Waals surface area (Å²) in [4.78, 5) is 11.2. The maximum atomic E-state index is 11.2. The summed E-state index contributed by atoms with van der Waals surface area (Å²) in [5.74, 6) is 0.558. The third kappa shape index (κ3) is 3.03. The number of benzene rings is 2. The van der Waals surface area contributed by atoms with E-state index in [1.807, 2.05) is 13.0 Å². The van der Waals surface area contributed by atoms with Crippen molar-refractivity contribution in [3.8, 4) is 11.5 Å². The number of hydrogen-bond acceptors (Lipinski definition) is 3. The van der Waals surface area contributed by atoms with E-state index in [1.54, 1.807) is 24.3 Å². The normalized spacial score (nSPS) is 10.3. The van der Waals surface area contributed by atoms with Crippen molar-refractivity contribution >= 4 is 23.2 Å². The predicted molar refractivity (Wildman–Crippen MR) is 80.3 cm³/mol. The van der Waals surface area contributed by atoms with Crippen molar-refractivity contribution in [2.45, 2.75) is 13.3 Å². The van der Waals surface area contributed by atoms with Gasteiger partial charge in [-0.1, -0.05) is 18.5 Å². The minimum absolute atomic E-state index is 0.243. The Bertz CT molecular complexity index is 656. The number of rotatable bonds is 4. The molecule has 0 unspecified atom stereocenters. The molecule has 0 saturated carbocycles. The minimum atomic E-state index is -0.585. The first kappa shape index (κ1) is 14.2. The molecule has 20 heavy (non-hydrogen) atoms. The third-order valence-electron chi connectivity index (χ3n) is 2.92. The second-order valence-corrected chi connectivity index (χ2v) is 4.73. The van der Waals surface area contributed by atoms with Gasteiger partial charge in [-0.2, -0.15) is 0 Å². The molecule has 2 aromatic carbocycles. The van der Waals surface area contributed by atoms with E-state index >= 15 is 0 Å². The Morgan fingerprint density at radius 1 is 1.20 bits per heavy atom. The summed E-state index contributed by atoms with van der Waals surface area (Å²) >= 11 is 6.05. The van der Waals surface area contributed by atoms with Gasteiger partial charge in [0.05, 0.1) is 5.56 Å². The number of nitrogen functional groups attached to an aromatic ring is 1. The number of nitrogens with two attached hydrogens (primary N) is 2. The monoisotopic (exact) mass is 290 g/mol. The lowest BCUT2D eigenvalue weighted by molar-refractivity contribution is 0.100. The number of anilines is 1. The molecule has 5 heteroatoms. The molecule has 0 aliphatic rings. The van der Waals surface area contributed by atoms with Crippen LogP contribution in [-0.4, -0.2) is 5.91 Å². The molecule has 0 heterocycles. The quantitative estimate of drug-likeness (QED) is 0.847. The number of primary amides is 1. The van der Waals surface area contributed by atoms with Crippen LogP contribution >= 0.6 is 11.6 Å². The summed E-state index contributed by atoms with van der Waals surface area (Å²) in [6.07, 6.45) is 0.810. The van der Waals surface area contributed by atoms with Crippen LogP contribution in [0.3, 0.4) is 0 Å². The Morgan fingerprint density at radius 3 is 2.50 bits per heavy atom. The van der Waals surface area contributed by atoms with Crippen LogP contribution in [0.1, 0.15) is 22.8 Å².